The lowest BCUT2D eigenvalue weighted by molar-refractivity contribution is 0.0417. The molecule has 0 amide bonds. The molecule has 2 rings (SSSR count). The van der Waals surface area contributed by atoms with Crippen molar-refractivity contribution in [1.82, 2.24) is 4.90 Å². The van der Waals surface area contributed by atoms with E-state index in [2.05, 4.69) is 33.0 Å². The summed E-state index contributed by atoms with van der Waals surface area (Å²) in [4.78, 5) is 2.08. The zero-order valence-corrected chi connectivity index (χ0v) is 12.9. The lowest BCUT2D eigenvalue weighted by atomic mass is 10.1. The second-order valence-corrected chi connectivity index (χ2v) is 5.87. The molecular weight excluding hydrogens is 310 g/mol. The van der Waals surface area contributed by atoms with Crippen molar-refractivity contribution in [3.05, 3.63) is 27.7 Å². The third-order valence-electron chi connectivity index (χ3n) is 3.15. The van der Waals surface area contributed by atoms with Gasteiger partial charge in [-0.1, -0.05) is 15.9 Å². The van der Waals surface area contributed by atoms with Crippen molar-refractivity contribution in [3.8, 4) is 5.75 Å². The van der Waals surface area contributed by atoms with Gasteiger partial charge in [-0.05, 0) is 24.7 Å². The minimum Gasteiger partial charge on any atom is -0.493 e. The summed E-state index contributed by atoms with van der Waals surface area (Å²) in [5, 5.41) is 9.74. The number of aliphatic hydroxyl groups is 1. The van der Waals surface area contributed by atoms with Crippen molar-refractivity contribution < 1.29 is 14.6 Å². The molecule has 1 N–H and O–H groups in total. The average molecular weight is 330 g/mol. The van der Waals surface area contributed by atoms with E-state index >= 15 is 0 Å². The average Bonchev–Trinajstić information content (AvgIpc) is 2.76. The maximum absolute atomic E-state index is 9.74. The maximum atomic E-state index is 9.74. The first-order valence-electron chi connectivity index (χ1n) is 6.39. The van der Waals surface area contributed by atoms with Crippen LogP contribution in [0.4, 0.5) is 0 Å². The van der Waals surface area contributed by atoms with Gasteiger partial charge in [0, 0.05) is 36.7 Å². The molecule has 0 aliphatic carbocycles. The summed E-state index contributed by atoms with van der Waals surface area (Å²) < 4.78 is 11.7. The molecule has 19 heavy (non-hydrogen) atoms. The van der Waals surface area contributed by atoms with Crippen LogP contribution >= 0.6 is 15.9 Å². The highest BCUT2D eigenvalue weighted by Gasteiger charge is 2.19. The Kier molecular flexibility index (Phi) is 5.21. The first kappa shape index (κ1) is 14.8. The SMILES string of the molecule is COCC(O)CN(C)Cc1cc(Br)cc2c1OCC2. The van der Waals surface area contributed by atoms with Gasteiger partial charge in [0.25, 0.3) is 0 Å². The van der Waals surface area contributed by atoms with E-state index in [1.54, 1.807) is 7.11 Å². The van der Waals surface area contributed by atoms with Crippen molar-refractivity contribution in [3.63, 3.8) is 0 Å². The smallest absolute Gasteiger partial charge is 0.127 e. The molecule has 5 heteroatoms. The Morgan fingerprint density at radius 3 is 3.05 bits per heavy atom. The summed E-state index contributed by atoms with van der Waals surface area (Å²) in [7, 11) is 3.58. The maximum Gasteiger partial charge on any atom is 0.127 e. The number of hydrogen-bond acceptors (Lipinski definition) is 4. The van der Waals surface area contributed by atoms with Crippen molar-refractivity contribution >= 4 is 15.9 Å². The fraction of sp³-hybridized carbons (Fsp3) is 0.571. The van der Waals surface area contributed by atoms with Gasteiger partial charge in [-0.3, -0.25) is 4.90 Å². The van der Waals surface area contributed by atoms with Gasteiger partial charge in [0.1, 0.15) is 5.75 Å². The van der Waals surface area contributed by atoms with Crippen LogP contribution in [-0.2, 0) is 17.7 Å². The van der Waals surface area contributed by atoms with Gasteiger partial charge >= 0.3 is 0 Å². The molecule has 1 aromatic carbocycles. The van der Waals surface area contributed by atoms with E-state index in [4.69, 9.17) is 9.47 Å². The van der Waals surface area contributed by atoms with Crippen LogP contribution in [0.5, 0.6) is 5.75 Å². The van der Waals surface area contributed by atoms with Crippen LogP contribution in [0.2, 0.25) is 0 Å². The van der Waals surface area contributed by atoms with Crippen LogP contribution in [0.15, 0.2) is 16.6 Å². The monoisotopic (exact) mass is 329 g/mol. The molecule has 1 unspecified atom stereocenters. The number of methoxy groups -OCH3 is 1. The van der Waals surface area contributed by atoms with Crippen LogP contribution < -0.4 is 4.74 Å². The Labute approximate surface area is 122 Å². The molecule has 0 spiro atoms. The third kappa shape index (κ3) is 3.92. The van der Waals surface area contributed by atoms with Gasteiger partial charge in [0.15, 0.2) is 0 Å². The van der Waals surface area contributed by atoms with Crippen LogP contribution in [0.25, 0.3) is 0 Å². The van der Waals surface area contributed by atoms with E-state index in [9.17, 15) is 5.11 Å². The highest BCUT2D eigenvalue weighted by atomic mass is 79.9. The number of ether oxygens (including phenoxy) is 2. The molecule has 4 nitrogen and oxygen atoms in total. The molecule has 0 bridgehead atoms. The number of benzene rings is 1. The molecule has 1 aliphatic heterocycles. The predicted octanol–water partition coefficient (Wildman–Crippen LogP) is 1.82. The number of aliphatic hydroxyl groups excluding tert-OH is 1. The van der Waals surface area contributed by atoms with Crippen molar-refractivity contribution in [1.29, 1.82) is 0 Å². The lowest BCUT2D eigenvalue weighted by Crippen LogP contribution is -2.31. The highest BCUT2D eigenvalue weighted by molar-refractivity contribution is 9.10. The van der Waals surface area contributed by atoms with Crippen molar-refractivity contribution in [2.75, 3.05) is 33.9 Å². The lowest BCUT2D eigenvalue weighted by Gasteiger charge is -2.21. The summed E-state index contributed by atoms with van der Waals surface area (Å²) in [6, 6.07) is 4.20. The van der Waals surface area contributed by atoms with E-state index in [0.717, 1.165) is 35.4 Å². The first-order chi connectivity index (χ1) is 9.10. The quantitative estimate of drug-likeness (QED) is 0.864. The molecular formula is C14H20BrNO3. The minimum atomic E-state index is -0.462. The molecule has 0 saturated carbocycles. The normalized spacial score (nSPS) is 15.4. The molecule has 0 saturated heterocycles. The summed E-state index contributed by atoms with van der Waals surface area (Å²) >= 11 is 3.54. The second kappa shape index (κ2) is 6.70. The topological polar surface area (TPSA) is 41.9 Å². The van der Waals surface area contributed by atoms with Crippen molar-refractivity contribution in [2.24, 2.45) is 0 Å². The van der Waals surface area contributed by atoms with E-state index in [1.807, 2.05) is 7.05 Å². The van der Waals surface area contributed by atoms with E-state index in [1.165, 1.54) is 5.56 Å². The Hall–Kier alpha value is -0.620. The molecule has 1 aliphatic rings. The minimum absolute atomic E-state index is 0.359. The van der Waals surface area contributed by atoms with Gasteiger partial charge in [0.05, 0.1) is 19.3 Å². The van der Waals surface area contributed by atoms with Gasteiger partial charge in [-0.15, -0.1) is 0 Å². The molecule has 1 atom stereocenters. The standard InChI is InChI=1S/C14H20BrNO3/c1-16(8-13(17)9-18-2)7-11-6-12(15)5-10-3-4-19-14(10)11/h5-6,13,17H,3-4,7-9H2,1-2H3. The number of rotatable bonds is 6. The largest absolute Gasteiger partial charge is 0.493 e. The Morgan fingerprint density at radius 2 is 2.32 bits per heavy atom. The van der Waals surface area contributed by atoms with Crippen molar-refractivity contribution in [2.45, 2.75) is 19.1 Å². The van der Waals surface area contributed by atoms with Crippen LogP contribution in [0.3, 0.4) is 0 Å². The van der Waals surface area contributed by atoms with Crippen LogP contribution in [-0.4, -0.2) is 50.0 Å². The predicted molar refractivity (Wildman–Crippen MR) is 77.6 cm³/mol. The number of likely N-dealkylation sites (N-methyl/N-ethyl adjacent to an activating group) is 1. The molecule has 0 fully saturated rings. The Balaban J connectivity index is 2.03. The third-order valence-corrected chi connectivity index (χ3v) is 3.60. The van der Waals surface area contributed by atoms with Crippen LogP contribution in [0, 0.1) is 0 Å². The van der Waals surface area contributed by atoms with Gasteiger partial charge in [0.2, 0.25) is 0 Å². The molecule has 0 radical (unpaired) electrons. The Morgan fingerprint density at radius 1 is 1.53 bits per heavy atom. The summed E-state index contributed by atoms with van der Waals surface area (Å²) in [5.41, 5.74) is 2.42. The second-order valence-electron chi connectivity index (χ2n) is 4.96. The zero-order chi connectivity index (χ0) is 13.8. The fourth-order valence-electron chi connectivity index (χ4n) is 2.42. The number of hydrogen-bond donors (Lipinski definition) is 1. The van der Waals surface area contributed by atoms with E-state index in [0.29, 0.717) is 13.2 Å². The number of halogens is 1. The summed E-state index contributed by atoms with van der Waals surface area (Å²) in [6.45, 7) is 2.45. The summed E-state index contributed by atoms with van der Waals surface area (Å²) in [5.74, 6) is 1.01. The number of nitrogens with zero attached hydrogens (tertiary/aromatic N) is 1. The molecule has 106 valence electrons. The summed E-state index contributed by atoms with van der Waals surface area (Å²) in [6.07, 6.45) is 0.508. The Bertz CT molecular complexity index is 439. The van der Waals surface area contributed by atoms with Gasteiger partial charge in [-0.2, -0.15) is 0 Å². The van der Waals surface area contributed by atoms with Crippen LogP contribution in [0.1, 0.15) is 11.1 Å². The van der Waals surface area contributed by atoms with E-state index in [-0.39, 0.29) is 0 Å². The highest BCUT2D eigenvalue weighted by Crippen LogP contribution is 2.33. The van der Waals surface area contributed by atoms with Gasteiger partial charge < -0.3 is 14.6 Å². The number of fused-ring (bicyclic) bond motifs is 1. The zero-order valence-electron chi connectivity index (χ0n) is 11.4. The fourth-order valence-corrected chi connectivity index (χ4v) is 2.98. The van der Waals surface area contributed by atoms with E-state index < -0.39 is 6.10 Å². The molecule has 0 aromatic heterocycles. The molecule has 1 heterocycles. The first-order valence-corrected chi connectivity index (χ1v) is 7.19. The molecule has 1 aromatic rings. The van der Waals surface area contributed by atoms with Gasteiger partial charge in [-0.25, -0.2) is 0 Å².